The number of hydrogen-bond donors (Lipinski definition) is 1. The summed E-state index contributed by atoms with van der Waals surface area (Å²) >= 11 is 0. The van der Waals surface area contributed by atoms with Crippen molar-refractivity contribution in [2.24, 2.45) is 0 Å². The molecular weight excluding hydrogens is 366 g/mol. The zero-order chi connectivity index (χ0) is 20.4. The number of hydrogen-bond acceptors (Lipinski definition) is 2. The molecule has 0 atom stereocenters. The van der Waals surface area contributed by atoms with Crippen LogP contribution in [0, 0.1) is 20.8 Å². The maximum atomic E-state index is 4.93. The van der Waals surface area contributed by atoms with E-state index < -0.39 is 0 Å². The molecule has 144 valence electrons. The molecule has 0 saturated carbocycles. The molecule has 2 aromatic heterocycles. The van der Waals surface area contributed by atoms with Crippen molar-refractivity contribution in [2.45, 2.75) is 20.8 Å². The standard InChI is InChI=1S/C27H21N3/c1-15-12-16(2)24(17(3)13-15)18-8-9-19-14-23-25(20(19)11-10-18)26-27(30-23)29-22-7-5-4-6-21(22)28-26/h4-14H,1-3H3,(H,29,30). The van der Waals surface area contributed by atoms with Gasteiger partial charge in [-0.25, -0.2) is 9.97 Å². The van der Waals surface area contributed by atoms with E-state index in [9.17, 15) is 0 Å². The highest BCUT2D eigenvalue weighted by molar-refractivity contribution is 6.15. The number of H-pyrrole nitrogens is 1. The number of benzene rings is 2. The third kappa shape index (κ3) is 2.45. The van der Waals surface area contributed by atoms with E-state index in [0.29, 0.717) is 0 Å². The molecule has 0 saturated heterocycles. The van der Waals surface area contributed by atoms with Gasteiger partial charge in [-0.15, -0.1) is 0 Å². The monoisotopic (exact) mass is 387 g/mol. The molecule has 1 N–H and O–H groups in total. The normalized spacial score (nSPS) is 11.8. The van der Waals surface area contributed by atoms with E-state index >= 15 is 0 Å². The van der Waals surface area contributed by atoms with Crippen LogP contribution in [0.5, 0.6) is 0 Å². The van der Waals surface area contributed by atoms with Gasteiger partial charge in [-0.3, -0.25) is 0 Å². The molecule has 0 aliphatic heterocycles. The second-order valence-corrected chi connectivity index (χ2v) is 8.23. The molecule has 2 aromatic carbocycles. The Balaban J connectivity index is 1.63. The summed E-state index contributed by atoms with van der Waals surface area (Å²) in [6, 6.07) is 23.7. The molecule has 0 unspecified atom stereocenters. The summed E-state index contributed by atoms with van der Waals surface area (Å²) in [6.45, 7) is 6.54. The predicted octanol–water partition coefficient (Wildman–Crippen LogP) is 6.96. The lowest BCUT2D eigenvalue weighted by atomic mass is 9.95. The van der Waals surface area contributed by atoms with Crippen LogP contribution in [0.4, 0.5) is 0 Å². The first-order chi connectivity index (χ1) is 14.6. The van der Waals surface area contributed by atoms with Crippen molar-refractivity contribution in [3.05, 3.63) is 83.4 Å². The highest BCUT2D eigenvalue weighted by Crippen LogP contribution is 2.39. The Hall–Kier alpha value is -3.72. The summed E-state index contributed by atoms with van der Waals surface area (Å²) in [5, 5.41) is 1.15. The van der Waals surface area contributed by atoms with Gasteiger partial charge in [0, 0.05) is 5.39 Å². The van der Waals surface area contributed by atoms with Gasteiger partial charge < -0.3 is 4.98 Å². The minimum atomic E-state index is 0.845. The quantitative estimate of drug-likeness (QED) is 0.331. The number of nitrogens with one attached hydrogen (secondary N) is 1. The Kier molecular flexibility index (Phi) is 3.51. The minimum absolute atomic E-state index is 0.845. The van der Waals surface area contributed by atoms with Gasteiger partial charge in [0.2, 0.25) is 0 Å². The first kappa shape index (κ1) is 17.2. The molecule has 4 aromatic rings. The summed E-state index contributed by atoms with van der Waals surface area (Å²) in [6.07, 6.45) is 0. The molecule has 6 rings (SSSR count). The van der Waals surface area contributed by atoms with Crippen LogP contribution in [0.3, 0.4) is 0 Å². The van der Waals surface area contributed by atoms with Crippen molar-refractivity contribution in [1.29, 1.82) is 0 Å². The summed E-state index contributed by atoms with van der Waals surface area (Å²) in [5.74, 6) is 0. The largest absolute Gasteiger partial charge is 0.338 e. The van der Waals surface area contributed by atoms with Gasteiger partial charge in [0.15, 0.2) is 5.65 Å². The summed E-state index contributed by atoms with van der Waals surface area (Å²) in [7, 11) is 0. The molecule has 0 spiro atoms. The van der Waals surface area contributed by atoms with Gasteiger partial charge in [-0.05, 0) is 72.4 Å². The molecule has 30 heavy (non-hydrogen) atoms. The van der Waals surface area contributed by atoms with Gasteiger partial charge >= 0.3 is 0 Å². The van der Waals surface area contributed by atoms with Crippen LogP contribution < -0.4 is 0 Å². The average Bonchev–Trinajstić information content (AvgIpc) is 3.15. The lowest BCUT2D eigenvalue weighted by Gasteiger charge is -2.10. The van der Waals surface area contributed by atoms with Crippen LogP contribution in [0.1, 0.15) is 16.7 Å². The molecule has 2 heterocycles. The molecule has 0 bridgehead atoms. The number of nitrogens with zero attached hydrogens (tertiary/aromatic N) is 2. The van der Waals surface area contributed by atoms with Gasteiger partial charge in [-0.2, -0.15) is 0 Å². The number of fused-ring (bicyclic) bond motifs is 6. The first-order valence-corrected chi connectivity index (χ1v) is 10.3. The van der Waals surface area contributed by atoms with E-state index in [1.54, 1.807) is 0 Å². The SMILES string of the molecule is Cc1cc(C)c(-c2ccc3cc4[nH]c5nc6ccccc6nc5c4c-3cc2)c(C)c1. The zero-order valence-electron chi connectivity index (χ0n) is 17.2. The third-order valence-corrected chi connectivity index (χ3v) is 6.05. The van der Waals surface area contributed by atoms with Crippen LogP contribution in [0.2, 0.25) is 0 Å². The Bertz CT molecular complexity index is 1550. The molecule has 0 radical (unpaired) electrons. The van der Waals surface area contributed by atoms with E-state index in [2.05, 4.69) is 68.2 Å². The Morgan fingerprint density at radius 2 is 1.37 bits per heavy atom. The van der Waals surface area contributed by atoms with E-state index in [-0.39, 0.29) is 0 Å². The van der Waals surface area contributed by atoms with Gasteiger partial charge in [0.05, 0.1) is 16.6 Å². The van der Waals surface area contributed by atoms with Crippen molar-refractivity contribution < 1.29 is 0 Å². The van der Waals surface area contributed by atoms with Gasteiger partial charge in [0.1, 0.15) is 5.52 Å². The fourth-order valence-electron chi connectivity index (χ4n) is 4.87. The average molecular weight is 387 g/mol. The molecule has 3 heteroatoms. The molecule has 2 aliphatic carbocycles. The predicted molar refractivity (Wildman–Crippen MR) is 125 cm³/mol. The van der Waals surface area contributed by atoms with Crippen LogP contribution >= 0.6 is 0 Å². The minimum Gasteiger partial charge on any atom is -0.338 e. The molecule has 0 amide bonds. The van der Waals surface area contributed by atoms with Gasteiger partial charge in [0.25, 0.3) is 0 Å². The molecular formula is C27H21N3. The van der Waals surface area contributed by atoms with E-state index in [1.165, 1.54) is 38.9 Å². The topological polar surface area (TPSA) is 41.6 Å². The van der Waals surface area contributed by atoms with Crippen LogP contribution in [-0.4, -0.2) is 15.0 Å². The number of para-hydroxylation sites is 2. The Morgan fingerprint density at radius 1 is 0.700 bits per heavy atom. The van der Waals surface area contributed by atoms with Crippen molar-refractivity contribution in [3.8, 4) is 22.3 Å². The lowest BCUT2D eigenvalue weighted by Crippen LogP contribution is -1.88. The van der Waals surface area contributed by atoms with Crippen molar-refractivity contribution in [2.75, 3.05) is 0 Å². The highest BCUT2D eigenvalue weighted by Gasteiger charge is 2.17. The lowest BCUT2D eigenvalue weighted by molar-refractivity contribution is 1.32. The second-order valence-electron chi connectivity index (χ2n) is 8.23. The number of aromatic nitrogens is 3. The first-order valence-electron chi connectivity index (χ1n) is 10.3. The van der Waals surface area contributed by atoms with Crippen LogP contribution in [0.15, 0.2) is 66.7 Å². The Morgan fingerprint density at radius 3 is 2.13 bits per heavy atom. The number of rotatable bonds is 1. The Labute approximate surface area is 174 Å². The maximum Gasteiger partial charge on any atom is 0.157 e. The smallest absolute Gasteiger partial charge is 0.157 e. The summed E-state index contributed by atoms with van der Waals surface area (Å²) < 4.78 is 0. The third-order valence-electron chi connectivity index (χ3n) is 6.05. The molecule has 0 fully saturated rings. The van der Waals surface area contributed by atoms with Gasteiger partial charge in [-0.1, -0.05) is 54.1 Å². The summed E-state index contributed by atoms with van der Waals surface area (Å²) in [5.41, 5.74) is 13.6. The summed E-state index contributed by atoms with van der Waals surface area (Å²) in [4.78, 5) is 13.2. The van der Waals surface area contributed by atoms with E-state index in [0.717, 1.165) is 33.1 Å². The van der Waals surface area contributed by atoms with E-state index in [4.69, 9.17) is 9.97 Å². The second kappa shape index (κ2) is 6.14. The number of aromatic amines is 1. The number of aryl methyl sites for hydroxylation is 3. The molecule has 2 aliphatic rings. The van der Waals surface area contributed by atoms with Crippen LogP contribution in [0.25, 0.3) is 55.4 Å². The fraction of sp³-hybridized carbons (Fsp3) is 0.111. The van der Waals surface area contributed by atoms with Crippen molar-refractivity contribution >= 4 is 33.1 Å². The fourth-order valence-corrected chi connectivity index (χ4v) is 4.87. The van der Waals surface area contributed by atoms with Crippen molar-refractivity contribution in [3.63, 3.8) is 0 Å². The maximum absolute atomic E-state index is 4.93. The molecule has 3 nitrogen and oxygen atoms in total. The highest BCUT2D eigenvalue weighted by atomic mass is 14.9. The van der Waals surface area contributed by atoms with E-state index in [1.807, 2.05) is 24.3 Å². The zero-order valence-corrected chi connectivity index (χ0v) is 17.2. The van der Waals surface area contributed by atoms with Crippen molar-refractivity contribution in [1.82, 2.24) is 15.0 Å². The van der Waals surface area contributed by atoms with Crippen LogP contribution in [-0.2, 0) is 0 Å².